The predicted octanol–water partition coefficient (Wildman–Crippen LogP) is 0.456. The maximum absolute atomic E-state index is 12.3. The molecule has 0 saturated heterocycles. The van der Waals surface area contributed by atoms with Gasteiger partial charge in [0.1, 0.15) is 5.52 Å². The molecule has 100 valence electrons. The van der Waals surface area contributed by atoms with Crippen LogP contribution in [0.15, 0.2) is 11.1 Å². The van der Waals surface area contributed by atoms with E-state index >= 15 is 0 Å². The zero-order chi connectivity index (χ0) is 13.4. The van der Waals surface area contributed by atoms with E-state index in [9.17, 15) is 4.79 Å². The van der Waals surface area contributed by atoms with Gasteiger partial charge in [0.15, 0.2) is 5.65 Å². The number of fused-ring (bicyclic) bond motifs is 3. The van der Waals surface area contributed by atoms with Gasteiger partial charge in [-0.05, 0) is 23.3 Å². The van der Waals surface area contributed by atoms with Crippen LogP contribution in [0.1, 0.15) is 26.7 Å². The first-order valence-corrected chi connectivity index (χ1v) is 6.43. The first-order valence-electron chi connectivity index (χ1n) is 6.43. The minimum Gasteiger partial charge on any atom is -0.326 e. The highest BCUT2D eigenvalue weighted by atomic mass is 16.2. The number of aryl methyl sites for hydroxylation is 2. The van der Waals surface area contributed by atoms with Crippen molar-refractivity contribution >= 4 is 16.8 Å². The van der Waals surface area contributed by atoms with Crippen LogP contribution in [0, 0.1) is 0 Å². The molecule has 0 N–H and O–H groups in total. The summed E-state index contributed by atoms with van der Waals surface area (Å²) in [5.74, 6) is 0. The van der Waals surface area contributed by atoms with Gasteiger partial charge in [0.2, 0.25) is 5.65 Å². The molecule has 3 aromatic rings. The Morgan fingerprint density at radius 3 is 2.68 bits per heavy atom. The van der Waals surface area contributed by atoms with Crippen molar-refractivity contribution in [2.24, 2.45) is 0 Å². The fraction of sp³-hybridized carbons (Fsp3) is 0.545. The fourth-order valence-electron chi connectivity index (χ4n) is 2.30. The molecule has 0 fully saturated rings. The van der Waals surface area contributed by atoms with E-state index in [4.69, 9.17) is 0 Å². The fourth-order valence-corrected chi connectivity index (χ4v) is 2.30. The number of rotatable bonds is 4. The van der Waals surface area contributed by atoms with Crippen molar-refractivity contribution in [2.45, 2.75) is 39.8 Å². The van der Waals surface area contributed by atoms with Gasteiger partial charge in [0, 0.05) is 13.1 Å². The summed E-state index contributed by atoms with van der Waals surface area (Å²) in [5, 5.41) is 11.3. The second-order valence-electron chi connectivity index (χ2n) is 4.46. The number of imidazole rings is 1. The van der Waals surface area contributed by atoms with Crippen LogP contribution < -0.4 is 5.69 Å². The van der Waals surface area contributed by atoms with Gasteiger partial charge < -0.3 is 4.57 Å². The normalized spacial score (nSPS) is 11.7. The molecular weight excluding hydrogens is 246 g/mol. The minimum absolute atomic E-state index is 0.240. The van der Waals surface area contributed by atoms with Crippen LogP contribution >= 0.6 is 0 Å². The minimum atomic E-state index is -0.240. The summed E-state index contributed by atoms with van der Waals surface area (Å²) in [7, 11) is 0. The van der Waals surface area contributed by atoms with Crippen molar-refractivity contribution in [3.63, 3.8) is 0 Å². The van der Waals surface area contributed by atoms with E-state index in [0.717, 1.165) is 24.9 Å². The summed E-state index contributed by atoms with van der Waals surface area (Å²) in [6, 6.07) is 0. The largest absolute Gasteiger partial charge is 0.353 e. The van der Waals surface area contributed by atoms with Crippen LogP contribution in [0.25, 0.3) is 16.8 Å². The van der Waals surface area contributed by atoms with E-state index in [-0.39, 0.29) is 5.69 Å². The Morgan fingerprint density at radius 2 is 1.95 bits per heavy atom. The third-order valence-electron chi connectivity index (χ3n) is 3.08. The molecule has 0 aliphatic rings. The molecule has 0 saturated carbocycles. The zero-order valence-corrected chi connectivity index (χ0v) is 10.9. The second-order valence-corrected chi connectivity index (χ2v) is 4.46. The van der Waals surface area contributed by atoms with Crippen LogP contribution in [0.4, 0.5) is 0 Å². The van der Waals surface area contributed by atoms with Crippen molar-refractivity contribution in [1.29, 1.82) is 0 Å². The summed E-state index contributed by atoms with van der Waals surface area (Å²) in [6.45, 7) is 5.54. The van der Waals surface area contributed by atoms with Crippen molar-refractivity contribution in [3.05, 3.63) is 16.8 Å². The highest BCUT2D eigenvalue weighted by molar-refractivity contribution is 5.85. The van der Waals surface area contributed by atoms with Crippen LogP contribution in [0.3, 0.4) is 0 Å². The maximum Gasteiger partial charge on any atom is 0.353 e. The standard InChI is InChI=1S/C11H15N7O/c1-3-5-16-7-12-9-8(16)10-13-14-15-18(10)11(19)17(9)6-4-2/h7H,3-6H2,1-2H3. The lowest BCUT2D eigenvalue weighted by molar-refractivity contribution is 0.625. The van der Waals surface area contributed by atoms with E-state index in [2.05, 4.69) is 27.4 Å². The van der Waals surface area contributed by atoms with Crippen molar-refractivity contribution in [3.8, 4) is 0 Å². The van der Waals surface area contributed by atoms with E-state index < -0.39 is 0 Å². The molecule has 3 aromatic heterocycles. The van der Waals surface area contributed by atoms with Gasteiger partial charge in [0.25, 0.3) is 0 Å². The molecule has 0 aliphatic carbocycles. The Balaban J connectivity index is 2.45. The molecule has 8 heteroatoms. The summed E-state index contributed by atoms with van der Waals surface area (Å²) < 4.78 is 4.86. The molecule has 3 rings (SSSR count). The van der Waals surface area contributed by atoms with Crippen molar-refractivity contribution in [1.82, 2.24) is 34.2 Å². The van der Waals surface area contributed by atoms with Gasteiger partial charge in [-0.2, -0.15) is 0 Å². The first kappa shape index (κ1) is 11.8. The molecule has 8 nitrogen and oxygen atoms in total. The lowest BCUT2D eigenvalue weighted by Gasteiger charge is -2.06. The van der Waals surface area contributed by atoms with Gasteiger partial charge in [-0.15, -0.1) is 9.61 Å². The number of tetrazole rings is 1. The van der Waals surface area contributed by atoms with Gasteiger partial charge in [-0.3, -0.25) is 4.57 Å². The molecule has 0 amide bonds. The molecule has 0 spiro atoms. The van der Waals surface area contributed by atoms with E-state index in [1.54, 1.807) is 10.9 Å². The number of hydrogen-bond acceptors (Lipinski definition) is 5. The maximum atomic E-state index is 12.3. The van der Waals surface area contributed by atoms with Gasteiger partial charge in [0.05, 0.1) is 6.33 Å². The number of hydrogen-bond donors (Lipinski definition) is 0. The third kappa shape index (κ3) is 1.63. The van der Waals surface area contributed by atoms with Crippen molar-refractivity contribution < 1.29 is 0 Å². The summed E-state index contributed by atoms with van der Waals surface area (Å²) in [5.41, 5.74) is 1.71. The predicted molar refractivity (Wildman–Crippen MR) is 68.9 cm³/mol. The average molecular weight is 261 g/mol. The lowest BCUT2D eigenvalue weighted by atomic mass is 10.4. The third-order valence-corrected chi connectivity index (χ3v) is 3.08. The van der Waals surface area contributed by atoms with Crippen LogP contribution in [-0.2, 0) is 13.1 Å². The Hall–Kier alpha value is -2.25. The van der Waals surface area contributed by atoms with Gasteiger partial charge in [-0.25, -0.2) is 9.78 Å². The monoisotopic (exact) mass is 261 g/mol. The highest BCUT2D eigenvalue weighted by Gasteiger charge is 2.17. The Kier molecular flexibility index (Phi) is 2.77. The van der Waals surface area contributed by atoms with E-state index in [1.165, 1.54) is 4.52 Å². The Labute approximate surface area is 108 Å². The number of nitrogens with zero attached hydrogens (tertiary/aromatic N) is 7. The quantitative estimate of drug-likeness (QED) is 0.681. The molecule has 0 radical (unpaired) electrons. The topological polar surface area (TPSA) is 82.9 Å². The lowest BCUT2D eigenvalue weighted by Crippen LogP contribution is -2.28. The summed E-state index contributed by atoms with van der Waals surface area (Å²) >= 11 is 0. The molecule has 0 aromatic carbocycles. The van der Waals surface area contributed by atoms with Crippen LogP contribution in [-0.4, -0.2) is 34.2 Å². The molecule has 19 heavy (non-hydrogen) atoms. The summed E-state index contributed by atoms with van der Waals surface area (Å²) in [6.07, 6.45) is 3.57. The first-order chi connectivity index (χ1) is 9.27. The van der Waals surface area contributed by atoms with Gasteiger partial charge in [-0.1, -0.05) is 13.8 Å². The molecule has 0 bridgehead atoms. The van der Waals surface area contributed by atoms with E-state index in [1.807, 2.05) is 11.5 Å². The Bertz CT molecular complexity index is 781. The zero-order valence-electron chi connectivity index (χ0n) is 10.9. The molecular formula is C11H15N7O. The van der Waals surface area contributed by atoms with Crippen LogP contribution in [0.5, 0.6) is 0 Å². The van der Waals surface area contributed by atoms with Gasteiger partial charge >= 0.3 is 5.69 Å². The molecule has 0 atom stereocenters. The summed E-state index contributed by atoms with van der Waals surface area (Å²) in [4.78, 5) is 16.7. The smallest absolute Gasteiger partial charge is 0.326 e. The van der Waals surface area contributed by atoms with E-state index in [0.29, 0.717) is 17.8 Å². The molecule has 3 heterocycles. The highest BCUT2D eigenvalue weighted by Crippen LogP contribution is 2.15. The second kappa shape index (κ2) is 4.45. The average Bonchev–Trinajstić information content (AvgIpc) is 3.01. The van der Waals surface area contributed by atoms with Crippen LogP contribution in [0.2, 0.25) is 0 Å². The molecule has 0 unspecified atom stereocenters. The number of aromatic nitrogens is 7. The SMILES string of the molecule is CCCn1cnc2c1c1nnnn1c(=O)n2CCC. The molecule has 0 aliphatic heterocycles. The van der Waals surface area contributed by atoms with Crippen molar-refractivity contribution in [2.75, 3.05) is 0 Å². The Morgan fingerprint density at radius 1 is 1.16 bits per heavy atom.